The first-order valence-corrected chi connectivity index (χ1v) is 6.99. The minimum absolute atomic E-state index is 0.0387. The second-order valence-electron chi connectivity index (χ2n) is 5.03. The van der Waals surface area contributed by atoms with Crippen LogP contribution < -0.4 is 15.8 Å². The fourth-order valence-electron chi connectivity index (χ4n) is 2.12. The van der Waals surface area contributed by atoms with Crippen molar-refractivity contribution >= 4 is 5.91 Å². The van der Waals surface area contributed by atoms with E-state index in [1.165, 1.54) is 0 Å². The lowest BCUT2D eigenvalue weighted by molar-refractivity contribution is -0.121. The van der Waals surface area contributed by atoms with E-state index in [0.717, 1.165) is 29.9 Å². The van der Waals surface area contributed by atoms with Crippen molar-refractivity contribution in [2.75, 3.05) is 19.8 Å². The molecule has 0 bridgehead atoms. The van der Waals surface area contributed by atoms with Gasteiger partial charge in [0, 0.05) is 31.5 Å². The number of aryl methyl sites for hydroxylation is 1. The van der Waals surface area contributed by atoms with Crippen LogP contribution in [0.2, 0.25) is 0 Å². The molecule has 1 aromatic carbocycles. The van der Waals surface area contributed by atoms with E-state index < -0.39 is 0 Å². The average molecular weight is 278 g/mol. The molecule has 0 radical (unpaired) electrons. The lowest BCUT2D eigenvalue weighted by Crippen LogP contribution is -2.25. The predicted octanol–water partition coefficient (Wildman–Crippen LogP) is 1.13. The van der Waals surface area contributed by atoms with Crippen LogP contribution in [0.4, 0.5) is 0 Å². The van der Waals surface area contributed by atoms with Crippen molar-refractivity contribution in [1.82, 2.24) is 5.32 Å². The maximum Gasteiger partial charge on any atom is 0.221 e. The van der Waals surface area contributed by atoms with Gasteiger partial charge in [-0.25, -0.2) is 0 Å². The van der Waals surface area contributed by atoms with Gasteiger partial charge in [0.15, 0.2) is 0 Å². The van der Waals surface area contributed by atoms with Gasteiger partial charge in [-0.05, 0) is 18.6 Å². The molecular formula is C15H22N2O3. The van der Waals surface area contributed by atoms with E-state index in [1.54, 1.807) is 0 Å². The highest BCUT2D eigenvalue weighted by Crippen LogP contribution is 2.23. The van der Waals surface area contributed by atoms with Crippen LogP contribution in [0, 0.1) is 6.92 Å². The third-order valence-electron chi connectivity index (χ3n) is 3.25. The Balaban J connectivity index is 2.01. The van der Waals surface area contributed by atoms with Crippen molar-refractivity contribution in [3.8, 4) is 5.75 Å². The van der Waals surface area contributed by atoms with Crippen LogP contribution in [0.25, 0.3) is 0 Å². The molecule has 1 unspecified atom stereocenters. The minimum Gasteiger partial charge on any atom is -0.488 e. The van der Waals surface area contributed by atoms with Crippen molar-refractivity contribution in [3.05, 3.63) is 29.3 Å². The van der Waals surface area contributed by atoms with Crippen LogP contribution >= 0.6 is 0 Å². The van der Waals surface area contributed by atoms with Crippen LogP contribution in [-0.2, 0) is 16.1 Å². The topological polar surface area (TPSA) is 73.6 Å². The number of ether oxygens (including phenoxy) is 2. The number of nitrogens with two attached hydrogens (primary N) is 1. The number of hydrogen-bond acceptors (Lipinski definition) is 4. The van der Waals surface area contributed by atoms with Crippen LogP contribution in [-0.4, -0.2) is 31.8 Å². The fraction of sp³-hybridized carbons (Fsp3) is 0.533. The first-order valence-electron chi connectivity index (χ1n) is 6.99. The monoisotopic (exact) mass is 278 g/mol. The summed E-state index contributed by atoms with van der Waals surface area (Å²) in [6.45, 7) is 4.23. The normalized spacial score (nSPS) is 18.0. The number of nitrogens with one attached hydrogen (secondary N) is 1. The fourth-order valence-corrected chi connectivity index (χ4v) is 2.12. The van der Waals surface area contributed by atoms with Crippen LogP contribution in [0.1, 0.15) is 24.0 Å². The first kappa shape index (κ1) is 14.8. The molecule has 0 spiro atoms. The Labute approximate surface area is 119 Å². The second-order valence-corrected chi connectivity index (χ2v) is 5.03. The van der Waals surface area contributed by atoms with E-state index in [1.807, 2.05) is 25.1 Å². The van der Waals surface area contributed by atoms with Gasteiger partial charge in [0.1, 0.15) is 11.9 Å². The average Bonchev–Trinajstić information content (AvgIpc) is 2.91. The Morgan fingerprint density at radius 3 is 3.10 bits per heavy atom. The Bertz CT molecular complexity index is 456. The zero-order chi connectivity index (χ0) is 14.4. The molecule has 20 heavy (non-hydrogen) atoms. The molecule has 0 aliphatic carbocycles. The molecule has 3 N–H and O–H groups in total. The number of carbonyl (C=O) groups is 1. The Hall–Kier alpha value is -1.59. The molecule has 110 valence electrons. The van der Waals surface area contributed by atoms with Crippen LogP contribution in [0.15, 0.2) is 18.2 Å². The lowest BCUT2D eigenvalue weighted by Gasteiger charge is -2.16. The molecule has 1 amide bonds. The minimum atomic E-state index is -0.0387. The van der Waals surface area contributed by atoms with E-state index in [4.69, 9.17) is 15.2 Å². The van der Waals surface area contributed by atoms with Crippen molar-refractivity contribution in [2.24, 2.45) is 5.73 Å². The van der Waals surface area contributed by atoms with E-state index in [9.17, 15) is 4.79 Å². The van der Waals surface area contributed by atoms with Crippen molar-refractivity contribution in [3.63, 3.8) is 0 Å². The summed E-state index contributed by atoms with van der Waals surface area (Å²) in [6, 6.07) is 6.01. The van der Waals surface area contributed by atoms with E-state index in [2.05, 4.69) is 5.32 Å². The summed E-state index contributed by atoms with van der Waals surface area (Å²) in [4.78, 5) is 11.5. The van der Waals surface area contributed by atoms with E-state index in [0.29, 0.717) is 26.1 Å². The van der Waals surface area contributed by atoms with Gasteiger partial charge in [-0.2, -0.15) is 0 Å². The second kappa shape index (κ2) is 7.26. The maximum atomic E-state index is 11.5. The predicted molar refractivity (Wildman–Crippen MR) is 76.5 cm³/mol. The van der Waals surface area contributed by atoms with Gasteiger partial charge in [-0.3, -0.25) is 4.79 Å². The molecule has 5 nitrogen and oxygen atoms in total. The highest BCUT2D eigenvalue weighted by molar-refractivity contribution is 5.76. The Morgan fingerprint density at radius 2 is 2.40 bits per heavy atom. The van der Waals surface area contributed by atoms with Gasteiger partial charge in [-0.1, -0.05) is 12.1 Å². The smallest absolute Gasteiger partial charge is 0.221 e. The van der Waals surface area contributed by atoms with Crippen molar-refractivity contribution in [1.29, 1.82) is 0 Å². The summed E-state index contributed by atoms with van der Waals surface area (Å²) in [5.41, 5.74) is 7.47. The van der Waals surface area contributed by atoms with Gasteiger partial charge >= 0.3 is 0 Å². The van der Waals surface area contributed by atoms with Gasteiger partial charge in [0.25, 0.3) is 0 Å². The highest BCUT2D eigenvalue weighted by atomic mass is 16.5. The highest BCUT2D eigenvalue weighted by Gasteiger charge is 2.18. The molecule has 1 saturated heterocycles. The number of carbonyl (C=O) groups excluding carboxylic acids is 1. The molecule has 1 aliphatic heterocycles. The standard InChI is InChI=1S/C15H22N2O3/c1-11-2-3-12(9-17-15(18)4-6-16)14(8-11)20-13-5-7-19-10-13/h2-3,8,13H,4-7,9-10,16H2,1H3,(H,17,18). The molecular weight excluding hydrogens is 256 g/mol. The SMILES string of the molecule is Cc1ccc(CNC(=O)CCN)c(OC2CCOC2)c1. The van der Waals surface area contributed by atoms with Gasteiger partial charge in [0.05, 0.1) is 13.2 Å². The molecule has 0 saturated carbocycles. The summed E-state index contributed by atoms with van der Waals surface area (Å²) < 4.78 is 11.3. The number of amides is 1. The molecule has 2 rings (SSSR count). The van der Waals surface area contributed by atoms with Crippen molar-refractivity contribution < 1.29 is 14.3 Å². The van der Waals surface area contributed by atoms with Crippen LogP contribution in [0.3, 0.4) is 0 Å². The molecule has 0 aromatic heterocycles. The lowest BCUT2D eigenvalue weighted by atomic mass is 10.1. The third-order valence-corrected chi connectivity index (χ3v) is 3.25. The van der Waals surface area contributed by atoms with Gasteiger partial charge in [0.2, 0.25) is 5.91 Å². The number of rotatable bonds is 6. The van der Waals surface area contributed by atoms with Crippen LogP contribution in [0.5, 0.6) is 5.75 Å². The summed E-state index contributed by atoms with van der Waals surface area (Å²) in [5, 5.41) is 2.85. The number of hydrogen-bond donors (Lipinski definition) is 2. The van der Waals surface area contributed by atoms with E-state index in [-0.39, 0.29) is 12.0 Å². The Kier molecular flexibility index (Phi) is 5.38. The maximum absolute atomic E-state index is 11.5. The quantitative estimate of drug-likeness (QED) is 0.818. The van der Waals surface area contributed by atoms with Crippen molar-refractivity contribution in [2.45, 2.75) is 32.4 Å². The summed E-state index contributed by atoms with van der Waals surface area (Å²) in [5.74, 6) is 0.789. The summed E-state index contributed by atoms with van der Waals surface area (Å²) in [6.07, 6.45) is 1.36. The molecule has 1 aromatic rings. The van der Waals surface area contributed by atoms with Gasteiger partial charge in [-0.15, -0.1) is 0 Å². The zero-order valence-corrected chi connectivity index (χ0v) is 11.9. The summed E-state index contributed by atoms with van der Waals surface area (Å²) >= 11 is 0. The molecule has 1 heterocycles. The van der Waals surface area contributed by atoms with Gasteiger partial charge < -0.3 is 20.5 Å². The first-order chi connectivity index (χ1) is 9.69. The number of benzene rings is 1. The molecule has 1 aliphatic rings. The summed E-state index contributed by atoms with van der Waals surface area (Å²) in [7, 11) is 0. The molecule has 1 fully saturated rings. The largest absolute Gasteiger partial charge is 0.488 e. The Morgan fingerprint density at radius 1 is 1.55 bits per heavy atom. The molecule has 1 atom stereocenters. The molecule has 5 heteroatoms. The third kappa shape index (κ3) is 4.21. The zero-order valence-electron chi connectivity index (χ0n) is 11.9. The van der Waals surface area contributed by atoms with E-state index >= 15 is 0 Å².